The molecule has 0 bridgehead atoms. The van der Waals surface area contributed by atoms with Gasteiger partial charge in [0, 0.05) is 18.8 Å². The zero-order valence-corrected chi connectivity index (χ0v) is 14.9. The van der Waals surface area contributed by atoms with Crippen LogP contribution < -0.4 is 5.32 Å². The molecule has 1 aliphatic heterocycles. The SMILES string of the molecule is CN1C(=O)c2ccc(NC(=O)/C=C/c3cnn(-c4ccccc4)n3)cc2C1=O. The lowest BCUT2D eigenvalue weighted by atomic mass is 10.1. The summed E-state index contributed by atoms with van der Waals surface area (Å²) in [5.74, 6) is -1.12. The number of para-hydroxylation sites is 1. The number of nitrogens with zero attached hydrogens (tertiary/aromatic N) is 4. The summed E-state index contributed by atoms with van der Waals surface area (Å²) in [6.07, 6.45) is 4.41. The summed E-state index contributed by atoms with van der Waals surface area (Å²) >= 11 is 0. The molecule has 28 heavy (non-hydrogen) atoms. The Morgan fingerprint density at radius 1 is 1.04 bits per heavy atom. The molecule has 0 aliphatic carbocycles. The second-order valence-corrected chi connectivity index (χ2v) is 6.15. The first kappa shape index (κ1) is 17.3. The average Bonchev–Trinajstić information content (AvgIpc) is 3.27. The Balaban J connectivity index is 1.45. The van der Waals surface area contributed by atoms with Crippen LogP contribution in [0, 0.1) is 0 Å². The van der Waals surface area contributed by atoms with Crippen LogP contribution >= 0.6 is 0 Å². The van der Waals surface area contributed by atoms with Crippen LogP contribution in [-0.2, 0) is 4.79 Å². The molecule has 0 radical (unpaired) electrons. The number of hydrogen-bond donors (Lipinski definition) is 1. The molecule has 0 spiro atoms. The van der Waals surface area contributed by atoms with Crippen LogP contribution in [0.25, 0.3) is 11.8 Å². The molecule has 8 heteroatoms. The highest BCUT2D eigenvalue weighted by molar-refractivity contribution is 6.21. The predicted octanol–water partition coefficient (Wildman–Crippen LogP) is 2.14. The molecular weight excluding hydrogens is 358 g/mol. The van der Waals surface area contributed by atoms with E-state index in [9.17, 15) is 14.4 Å². The van der Waals surface area contributed by atoms with Gasteiger partial charge < -0.3 is 5.32 Å². The van der Waals surface area contributed by atoms with E-state index < -0.39 is 0 Å². The minimum absolute atomic E-state index is 0.278. The van der Waals surface area contributed by atoms with E-state index in [1.165, 1.54) is 36.1 Å². The third kappa shape index (κ3) is 3.18. The fraction of sp³-hybridized carbons (Fsp3) is 0.0500. The molecule has 2 aromatic carbocycles. The Morgan fingerprint density at radius 3 is 2.57 bits per heavy atom. The molecule has 138 valence electrons. The van der Waals surface area contributed by atoms with Crippen molar-refractivity contribution in [2.75, 3.05) is 12.4 Å². The van der Waals surface area contributed by atoms with E-state index in [-0.39, 0.29) is 23.3 Å². The summed E-state index contributed by atoms with van der Waals surface area (Å²) in [5.41, 5.74) is 2.38. The molecule has 1 N–H and O–H groups in total. The van der Waals surface area contributed by atoms with Crippen molar-refractivity contribution in [1.29, 1.82) is 0 Å². The van der Waals surface area contributed by atoms with Crippen molar-refractivity contribution in [2.24, 2.45) is 0 Å². The number of nitrogens with one attached hydrogen (secondary N) is 1. The van der Waals surface area contributed by atoms with Crippen LogP contribution in [0.2, 0.25) is 0 Å². The van der Waals surface area contributed by atoms with Gasteiger partial charge in [-0.2, -0.15) is 9.90 Å². The Kier molecular flexibility index (Phi) is 4.29. The zero-order chi connectivity index (χ0) is 19.7. The first-order chi connectivity index (χ1) is 13.5. The van der Waals surface area contributed by atoms with Crippen molar-refractivity contribution in [3.63, 3.8) is 0 Å². The molecule has 0 saturated carbocycles. The van der Waals surface area contributed by atoms with Gasteiger partial charge in [0.05, 0.1) is 23.0 Å². The maximum atomic E-state index is 12.2. The van der Waals surface area contributed by atoms with Crippen molar-refractivity contribution in [3.05, 3.63) is 77.6 Å². The molecule has 1 aromatic heterocycles. The number of carbonyl (C=O) groups excluding carboxylic acids is 3. The molecular formula is C20H15N5O3. The topological polar surface area (TPSA) is 97.2 Å². The zero-order valence-electron chi connectivity index (χ0n) is 14.9. The minimum atomic E-state index is -0.390. The standard InChI is InChI=1S/C20H15N5O3/c1-24-19(27)16-9-7-13(11-17(16)20(24)28)22-18(26)10-8-14-12-21-25(23-14)15-5-3-2-4-6-15/h2-12H,1H3,(H,22,26)/b10-8+. The van der Waals surface area contributed by atoms with E-state index in [1.54, 1.807) is 12.3 Å². The molecule has 1 aliphatic rings. The lowest BCUT2D eigenvalue weighted by molar-refractivity contribution is -0.111. The number of amides is 3. The average molecular weight is 373 g/mol. The lowest BCUT2D eigenvalue weighted by Crippen LogP contribution is -2.24. The van der Waals surface area contributed by atoms with E-state index in [2.05, 4.69) is 15.5 Å². The summed E-state index contributed by atoms with van der Waals surface area (Å²) in [4.78, 5) is 38.6. The number of carbonyl (C=O) groups is 3. The summed E-state index contributed by atoms with van der Waals surface area (Å²) in [6.45, 7) is 0. The minimum Gasteiger partial charge on any atom is -0.322 e. The van der Waals surface area contributed by atoms with E-state index in [0.717, 1.165) is 10.6 Å². The van der Waals surface area contributed by atoms with E-state index in [0.29, 0.717) is 16.9 Å². The maximum Gasteiger partial charge on any atom is 0.261 e. The smallest absolute Gasteiger partial charge is 0.261 e. The van der Waals surface area contributed by atoms with Gasteiger partial charge in [-0.3, -0.25) is 19.3 Å². The highest BCUT2D eigenvalue weighted by atomic mass is 16.2. The normalized spacial score (nSPS) is 13.2. The van der Waals surface area contributed by atoms with Crippen molar-refractivity contribution in [2.45, 2.75) is 0 Å². The van der Waals surface area contributed by atoms with Crippen molar-refractivity contribution in [1.82, 2.24) is 19.9 Å². The Labute approximate surface area is 160 Å². The molecule has 0 fully saturated rings. The van der Waals surface area contributed by atoms with Gasteiger partial charge in [0.25, 0.3) is 11.8 Å². The second-order valence-electron chi connectivity index (χ2n) is 6.15. The molecule has 0 atom stereocenters. The van der Waals surface area contributed by atoms with Gasteiger partial charge in [-0.05, 0) is 36.4 Å². The van der Waals surface area contributed by atoms with Gasteiger partial charge >= 0.3 is 0 Å². The third-order valence-corrected chi connectivity index (χ3v) is 4.26. The van der Waals surface area contributed by atoms with Crippen LogP contribution in [0.1, 0.15) is 26.4 Å². The molecule has 0 saturated heterocycles. The first-order valence-corrected chi connectivity index (χ1v) is 8.46. The summed E-state index contributed by atoms with van der Waals surface area (Å²) < 4.78 is 0. The van der Waals surface area contributed by atoms with Gasteiger partial charge in [0.2, 0.25) is 5.91 Å². The molecule has 3 amide bonds. The monoisotopic (exact) mass is 373 g/mol. The quantitative estimate of drug-likeness (QED) is 0.558. The van der Waals surface area contributed by atoms with E-state index in [4.69, 9.17) is 0 Å². The summed E-state index contributed by atoms with van der Waals surface area (Å²) in [7, 11) is 1.42. The van der Waals surface area contributed by atoms with Gasteiger partial charge in [-0.1, -0.05) is 18.2 Å². The van der Waals surface area contributed by atoms with Gasteiger partial charge in [0.1, 0.15) is 5.69 Å². The second kappa shape index (κ2) is 6.92. The maximum absolute atomic E-state index is 12.2. The largest absolute Gasteiger partial charge is 0.322 e. The van der Waals surface area contributed by atoms with Crippen molar-refractivity contribution >= 4 is 29.5 Å². The molecule has 4 rings (SSSR count). The number of aromatic nitrogens is 3. The number of rotatable bonds is 4. The third-order valence-electron chi connectivity index (χ3n) is 4.26. The van der Waals surface area contributed by atoms with Gasteiger partial charge in [0.15, 0.2) is 0 Å². The summed E-state index contributed by atoms with van der Waals surface area (Å²) in [5, 5.41) is 11.1. The lowest BCUT2D eigenvalue weighted by Gasteiger charge is -2.03. The van der Waals surface area contributed by atoms with Crippen LogP contribution in [0.15, 0.2) is 60.8 Å². The highest BCUT2D eigenvalue weighted by Crippen LogP contribution is 2.24. The fourth-order valence-electron chi connectivity index (χ4n) is 2.82. The molecule has 8 nitrogen and oxygen atoms in total. The van der Waals surface area contributed by atoms with Crippen LogP contribution in [0.3, 0.4) is 0 Å². The molecule has 0 unspecified atom stereocenters. The number of fused-ring (bicyclic) bond motifs is 1. The Hall–Kier alpha value is -4.07. The van der Waals surface area contributed by atoms with Gasteiger partial charge in [-0.25, -0.2) is 0 Å². The van der Waals surface area contributed by atoms with E-state index >= 15 is 0 Å². The number of hydrogen-bond acceptors (Lipinski definition) is 5. The number of benzene rings is 2. The molecule has 3 aromatic rings. The van der Waals surface area contributed by atoms with Crippen LogP contribution in [0.5, 0.6) is 0 Å². The fourth-order valence-corrected chi connectivity index (χ4v) is 2.82. The Morgan fingerprint density at radius 2 is 1.79 bits per heavy atom. The van der Waals surface area contributed by atoms with Gasteiger partial charge in [-0.15, -0.1) is 5.10 Å². The van der Waals surface area contributed by atoms with Crippen LogP contribution in [-0.4, -0.2) is 44.7 Å². The molecule has 2 heterocycles. The summed E-state index contributed by atoms with van der Waals surface area (Å²) in [6, 6.07) is 14.0. The van der Waals surface area contributed by atoms with Crippen molar-refractivity contribution < 1.29 is 14.4 Å². The first-order valence-electron chi connectivity index (χ1n) is 8.46. The van der Waals surface area contributed by atoms with Crippen LogP contribution in [0.4, 0.5) is 5.69 Å². The van der Waals surface area contributed by atoms with E-state index in [1.807, 2.05) is 30.3 Å². The number of anilines is 1. The predicted molar refractivity (Wildman–Crippen MR) is 102 cm³/mol. The van der Waals surface area contributed by atoms with Crippen molar-refractivity contribution in [3.8, 4) is 5.69 Å². The Bertz CT molecular complexity index is 1120. The highest BCUT2D eigenvalue weighted by Gasteiger charge is 2.32. The number of imide groups is 1.